The van der Waals surface area contributed by atoms with Gasteiger partial charge in [-0.25, -0.2) is 4.98 Å². The molecule has 3 aromatic heterocycles. The molecule has 35 heavy (non-hydrogen) atoms. The van der Waals surface area contributed by atoms with Gasteiger partial charge in [-0.3, -0.25) is 14.0 Å². The standard InChI is InChI=1S/C25H29N9O/c1-17-5-3-6-20-22(17)26-7-10-33(20)21-13-18-14-27-25-29-19-15-28-32(16-19)12-11-31(2)8-4-9-34(24(21)35)23(18)30-25/h3,5-6,13-16,26H,4,7-12H2,1-2H3,(H,27,29,30). The number of aromatic nitrogens is 5. The average Bonchev–Trinajstić information content (AvgIpc) is 3.31. The van der Waals surface area contributed by atoms with Crippen LogP contribution in [0.3, 0.4) is 0 Å². The van der Waals surface area contributed by atoms with E-state index in [0.29, 0.717) is 30.4 Å². The lowest BCUT2D eigenvalue weighted by Gasteiger charge is -2.33. The lowest BCUT2D eigenvalue weighted by Crippen LogP contribution is -2.36. The minimum absolute atomic E-state index is 0.0286. The summed E-state index contributed by atoms with van der Waals surface area (Å²) >= 11 is 0. The van der Waals surface area contributed by atoms with Crippen molar-refractivity contribution < 1.29 is 0 Å². The molecule has 5 heterocycles. The third-order valence-electron chi connectivity index (χ3n) is 6.80. The van der Waals surface area contributed by atoms with Crippen molar-refractivity contribution in [1.29, 1.82) is 0 Å². The molecular weight excluding hydrogens is 442 g/mol. The Hall–Kier alpha value is -3.92. The van der Waals surface area contributed by atoms with Crippen LogP contribution in [0.1, 0.15) is 12.0 Å². The van der Waals surface area contributed by atoms with Crippen molar-refractivity contribution >= 4 is 39.7 Å². The number of anilines is 5. The van der Waals surface area contributed by atoms with Crippen molar-refractivity contribution in [2.24, 2.45) is 0 Å². The molecule has 0 unspecified atom stereocenters. The van der Waals surface area contributed by atoms with Gasteiger partial charge in [-0.05, 0) is 44.6 Å². The third kappa shape index (κ3) is 3.99. The summed E-state index contributed by atoms with van der Waals surface area (Å²) in [6, 6.07) is 8.13. The second-order valence-corrected chi connectivity index (χ2v) is 9.28. The van der Waals surface area contributed by atoms with Gasteiger partial charge in [0.2, 0.25) is 5.95 Å². The molecule has 0 saturated carbocycles. The molecule has 2 aliphatic rings. The van der Waals surface area contributed by atoms with E-state index < -0.39 is 0 Å². The number of benzene rings is 1. The molecule has 0 atom stereocenters. The predicted molar refractivity (Wildman–Crippen MR) is 138 cm³/mol. The van der Waals surface area contributed by atoms with Gasteiger partial charge in [0.15, 0.2) is 0 Å². The first-order valence-corrected chi connectivity index (χ1v) is 12.1. The Kier molecular flexibility index (Phi) is 5.37. The Bertz CT molecular complexity index is 1460. The van der Waals surface area contributed by atoms with Crippen molar-refractivity contribution in [3.05, 3.63) is 58.8 Å². The van der Waals surface area contributed by atoms with Gasteiger partial charge in [0.05, 0.1) is 29.8 Å². The number of aryl methyl sites for hydroxylation is 2. The Morgan fingerprint density at radius 3 is 2.86 bits per heavy atom. The zero-order valence-corrected chi connectivity index (χ0v) is 20.0. The summed E-state index contributed by atoms with van der Waals surface area (Å²) in [6.45, 7) is 6.70. The van der Waals surface area contributed by atoms with Crippen LogP contribution in [-0.4, -0.2) is 62.4 Å². The number of pyridine rings is 1. The maximum Gasteiger partial charge on any atom is 0.276 e. The maximum atomic E-state index is 14.0. The highest BCUT2D eigenvalue weighted by Crippen LogP contribution is 2.36. The summed E-state index contributed by atoms with van der Waals surface area (Å²) in [5.74, 6) is 0.454. The number of nitrogens with one attached hydrogen (secondary N) is 2. The van der Waals surface area contributed by atoms with Crippen LogP contribution < -0.4 is 21.1 Å². The first-order valence-electron chi connectivity index (χ1n) is 12.1. The van der Waals surface area contributed by atoms with E-state index in [1.807, 2.05) is 27.6 Å². The van der Waals surface area contributed by atoms with E-state index in [0.717, 1.165) is 55.0 Å². The maximum absolute atomic E-state index is 14.0. The molecule has 1 aromatic carbocycles. The lowest BCUT2D eigenvalue weighted by molar-refractivity contribution is 0.302. The topological polar surface area (TPSA) is 96.1 Å². The Morgan fingerprint density at radius 2 is 1.94 bits per heavy atom. The average molecular weight is 472 g/mol. The fourth-order valence-corrected chi connectivity index (χ4v) is 4.94. The second kappa shape index (κ2) is 8.70. The van der Waals surface area contributed by atoms with Gasteiger partial charge in [0.1, 0.15) is 11.3 Å². The van der Waals surface area contributed by atoms with Gasteiger partial charge in [-0.2, -0.15) is 10.1 Å². The molecule has 2 N–H and O–H groups in total. The Balaban J connectivity index is 1.49. The van der Waals surface area contributed by atoms with Crippen LogP contribution in [-0.2, 0) is 13.1 Å². The minimum atomic E-state index is -0.0286. The SMILES string of the molecule is Cc1cccc2c1NCCN2c1cc2cnc3nc2n(c1=O)CCCN(C)CCn1cc(cn1)N3. The van der Waals surface area contributed by atoms with Crippen LogP contribution in [0.25, 0.3) is 11.0 Å². The van der Waals surface area contributed by atoms with Gasteiger partial charge in [-0.15, -0.1) is 0 Å². The number of likely N-dealkylation sites (N-methyl/N-ethyl adjacent to an activating group) is 1. The number of hydrogen-bond acceptors (Lipinski definition) is 8. The van der Waals surface area contributed by atoms with E-state index in [1.54, 1.807) is 12.4 Å². The first kappa shape index (κ1) is 21.6. The van der Waals surface area contributed by atoms with E-state index in [4.69, 9.17) is 4.98 Å². The number of para-hydroxylation sites is 1. The third-order valence-corrected chi connectivity index (χ3v) is 6.80. The van der Waals surface area contributed by atoms with Crippen molar-refractivity contribution in [3.63, 3.8) is 0 Å². The molecule has 4 bridgehead atoms. The quantitative estimate of drug-likeness (QED) is 0.438. The lowest BCUT2D eigenvalue weighted by atomic mass is 10.1. The van der Waals surface area contributed by atoms with E-state index in [-0.39, 0.29) is 5.56 Å². The predicted octanol–water partition coefficient (Wildman–Crippen LogP) is 2.94. The van der Waals surface area contributed by atoms with Crippen LogP contribution in [0.2, 0.25) is 0 Å². The highest BCUT2D eigenvalue weighted by atomic mass is 16.1. The van der Waals surface area contributed by atoms with Crippen LogP contribution in [0.4, 0.5) is 28.7 Å². The fraction of sp³-hybridized carbons (Fsp3) is 0.360. The van der Waals surface area contributed by atoms with Gasteiger partial charge in [0, 0.05) is 44.0 Å². The number of hydrogen-bond donors (Lipinski definition) is 2. The van der Waals surface area contributed by atoms with E-state index >= 15 is 0 Å². The highest BCUT2D eigenvalue weighted by Gasteiger charge is 2.24. The molecule has 0 spiro atoms. The van der Waals surface area contributed by atoms with Crippen LogP contribution in [0.5, 0.6) is 0 Å². The molecule has 10 nitrogen and oxygen atoms in total. The molecule has 0 fully saturated rings. The first-order chi connectivity index (χ1) is 17.1. The molecule has 6 rings (SSSR count). The summed E-state index contributed by atoms with van der Waals surface area (Å²) in [6.07, 6.45) is 6.36. The molecule has 2 aliphatic heterocycles. The van der Waals surface area contributed by atoms with Gasteiger partial charge in [-0.1, -0.05) is 12.1 Å². The highest BCUT2D eigenvalue weighted by molar-refractivity contribution is 5.85. The minimum Gasteiger partial charge on any atom is -0.381 e. The van der Waals surface area contributed by atoms with E-state index in [1.165, 1.54) is 5.56 Å². The molecule has 0 aliphatic carbocycles. The summed E-state index contributed by atoms with van der Waals surface area (Å²) in [5, 5.41) is 12.0. The second-order valence-electron chi connectivity index (χ2n) is 9.28. The number of rotatable bonds is 1. The largest absolute Gasteiger partial charge is 0.381 e. The summed E-state index contributed by atoms with van der Waals surface area (Å²) < 4.78 is 3.74. The molecular formula is C25H29N9O. The molecule has 180 valence electrons. The molecule has 0 amide bonds. The van der Waals surface area contributed by atoms with Crippen molar-refractivity contribution in [2.75, 3.05) is 48.8 Å². The van der Waals surface area contributed by atoms with Crippen molar-refractivity contribution in [1.82, 2.24) is 29.2 Å². The number of fused-ring (bicyclic) bond motifs is 4. The zero-order valence-electron chi connectivity index (χ0n) is 20.0. The smallest absolute Gasteiger partial charge is 0.276 e. The summed E-state index contributed by atoms with van der Waals surface area (Å²) in [4.78, 5) is 27.7. The zero-order chi connectivity index (χ0) is 23.9. The van der Waals surface area contributed by atoms with E-state index in [2.05, 4.69) is 56.6 Å². The molecule has 10 heteroatoms. The van der Waals surface area contributed by atoms with Crippen molar-refractivity contribution in [2.45, 2.75) is 26.4 Å². The van der Waals surface area contributed by atoms with Crippen LogP contribution in [0.15, 0.2) is 47.7 Å². The summed E-state index contributed by atoms with van der Waals surface area (Å²) in [7, 11) is 2.10. The molecule has 4 aromatic rings. The Morgan fingerprint density at radius 1 is 1.03 bits per heavy atom. The van der Waals surface area contributed by atoms with Crippen LogP contribution in [0, 0.1) is 6.92 Å². The molecule has 0 radical (unpaired) electrons. The summed E-state index contributed by atoms with van der Waals surface area (Å²) in [5.41, 5.74) is 5.37. The van der Waals surface area contributed by atoms with Crippen LogP contribution >= 0.6 is 0 Å². The van der Waals surface area contributed by atoms with Gasteiger partial charge in [0.25, 0.3) is 5.56 Å². The van der Waals surface area contributed by atoms with E-state index in [9.17, 15) is 4.79 Å². The number of nitrogens with zero attached hydrogens (tertiary/aromatic N) is 7. The van der Waals surface area contributed by atoms with Gasteiger partial charge >= 0.3 is 0 Å². The normalized spacial score (nSPS) is 16.5. The fourth-order valence-electron chi connectivity index (χ4n) is 4.94. The van der Waals surface area contributed by atoms with Crippen molar-refractivity contribution in [3.8, 4) is 0 Å². The Labute approximate surface area is 203 Å². The van der Waals surface area contributed by atoms with Gasteiger partial charge < -0.3 is 20.4 Å². The molecule has 0 saturated heterocycles. The monoisotopic (exact) mass is 471 g/mol.